The minimum Gasteiger partial charge on any atom is -0.495 e. The van der Waals surface area contributed by atoms with Crippen molar-refractivity contribution in [2.24, 2.45) is 0 Å². The van der Waals surface area contributed by atoms with Gasteiger partial charge in [0.15, 0.2) is 11.5 Å². The van der Waals surface area contributed by atoms with Crippen LogP contribution >= 0.6 is 22.6 Å². The van der Waals surface area contributed by atoms with E-state index in [4.69, 9.17) is 14.2 Å². The zero-order valence-corrected chi connectivity index (χ0v) is 18.6. The minimum atomic E-state index is -0.736. The van der Waals surface area contributed by atoms with Crippen molar-refractivity contribution < 1.29 is 23.9 Å². The molecule has 2 rings (SSSR count). The van der Waals surface area contributed by atoms with Gasteiger partial charge >= 0.3 is 0 Å². The topological polar surface area (TPSA) is 124 Å². The standard InChI is InChI=1S/C20H18IN3O6/c1-4-30-18-9-12(8-15(21)19(18)29-3)7-13(11-22)20(25)23-16-10-14(24(26)27)5-6-17(16)28-2/h5-10H,4H2,1-3H3,(H,23,25)/b13-7+. The number of nitriles is 1. The molecule has 0 fully saturated rings. The number of rotatable bonds is 8. The Hall–Kier alpha value is -3.33. The summed E-state index contributed by atoms with van der Waals surface area (Å²) in [5.41, 5.74) is 0.213. The van der Waals surface area contributed by atoms with E-state index in [0.717, 1.165) is 9.64 Å². The van der Waals surface area contributed by atoms with E-state index in [1.54, 1.807) is 12.1 Å². The molecule has 0 aromatic heterocycles. The fourth-order valence-electron chi connectivity index (χ4n) is 2.54. The summed E-state index contributed by atoms with van der Waals surface area (Å²) >= 11 is 2.07. The Labute approximate surface area is 186 Å². The molecule has 9 nitrogen and oxygen atoms in total. The van der Waals surface area contributed by atoms with E-state index < -0.39 is 10.8 Å². The van der Waals surface area contributed by atoms with Gasteiger partial charge in [0, 0.05) is 12.1 Å². The smallest absolute Gasteiger partial charge is 0.271 e. The van der Waals surface area contributed by atoms with Crippen LogP contribution in [0, 0.1) is 25.0 Å². The maximum atomic E-state index is 12.6. The van der Waals surface area contributed by atoms with Crippen LogP contribution in [0.3, 0.4) is 0 Å². The van der Waals surface area contributed by atoms with Gasteiger partial charge in [0.25, 0.3) is 11.6 Å². The number of hydrogen-bond donors (Lipinski definition) is 1. The second-order valence-corrected chi connectivity index (χ2v) is 6.89. The predicted molar refractivity (Wildman–Crippen MR) is 119 cm³/mol. The zero-order valence-electron chi connectivity index (χ0n) is 16.4. The molecule has 1 N–H and O–H groups in total. The molecule has 2 aromatic rings. The van der Waals surface area contributed by atoms with Gasteiger partial charge in [0.2, 0.25) is 0 Å². The van der Waals surface area contributed by atoms with Crippen LogP contribution in [0.2, 0.25) is 0 Å². The number of nitro groups is 1. The van der Waals surface area contributed by atoms with E-state index in [0.29, 0.717) is 23.7 Å². The Morgan fingerprint density at radius 2 is 2.00 bits per heavy atom. The molecule has 2 aromatic carbocycles. The van der Waals surface area contributed by atoms with Crippen LogP contribution in [0.15, 0.2) is 35.9 Å². The molecule has 0 aliphatic heterocycles. The van der Waals surface area contributed by atoms with Gasteiger partial charge in [-0.15, -0.1) is 0 Å². The molecule has 156 valence electrons. The highest BCUT2D eigenvalue weighted by atomic mass is 127. The molecular formula is C20H18IN3O6. The normalized spacial score (nSPS) is 10.7. The van der Waals surface area contributed by atoms with Gasteiger partial charge < -0.3 is 19.5 Å². The third kappa shape index (κ3) is 5.38. The average molecular weight is 523 g/mol. The molecule has 0 spiro atoms. The van der Waals surface area contributed by atoms with Crippen LogP contribution in [0.1, 0.15) is 12.5 Å². The first-order valence-corrected chi connectivity index (χ1v) is 9.68. The predicted octanol–water partition coefficient (Wildman–Crippen LogP) is 4.16. The van der Waals surface area contributed by atoms with Crippen molar-refractivity contribution in [3.8, 4) is 23.3 Å². The van der Waals surface area contributed by atoms with Crippen molar-refractivity contribution in [1.82, 2.24) is 0 Å². The second-order valence-electron chi connectivity index (χ2n) is 5.73. The largest absolute Gasteiger partial charge is 0.495 e. The number of non-ortho nitro benzene ring substituents is 1. The van der Waals surface area contributed by atoms with Crippen molar-refractivity contribution in [3.63, 3.8) is 0 Å². The van der Waals surface area contributed by atoms with Gasteiger partial charge in [-0.05, 0) is 59.4 Å². The number of benzene rings is 2. The molecule has 1 amide bonds. The average Bonchev–Trinajstić information content (AvgIpc) is 2.71. The van der Waals surface area contributed by atoms with Crippen LogP contribution < -0.4 is 19.5 Å². The molecule has 0 bridgehead atoms. The van der Waals surface area contributed by atoms with Crippen molar-refractivity contribution in [1.29, 1.82) is 5.26 Å². The van der Waals surface area contributed by atoms with E-state index in [9.17, 15) is 20.2 Å². The maximum absolute atomic E-state index is 12.6. The van der Waals surface area contributed by atoms with Gasteiger partial charge in [-0.1, -0.05) is 0 Å². The Morgan fingerprint density at radius 3 is 2.57 bits per heavy atom. The SMILES string of the molecule is CCOc1cc(/C=C(\C#N)C(=O)Nc2cc([N+](=O)[O-])ccc2OC)cc(I)c1OC. The quantitative estimate of drug-likeness (QED) is 0.181. The third-order valence-corrected chi connectivity index (χ3v) is 4.66. The first-order valence-electron chi connectivity index (χ1n) is 8.60. The minimum absolute atomic E-state index is 0.0807. The number of nitrogens with zero attached hydrogens (tertiary/aromatic N) is 2. The number of nitro benzene ring substituents is 1. The molecule has 0 radical (unpaired) electrons. The summed E-state index contributed by atoms with van der Waals surface area (Å²) < 4.78 is 16.8. The van der Waals surface area contributed by atoms with Gasteiger partial charge in [0.1, 0.15) is 17.4 Å². The number of carbonyl (C=O) groups is 1. The molecule has 10 heteroatoms. The first kappa shape index (κ1) is 23.0. The number of methoxy groups -OCH3 is 2. The molecule has 0 aliphatic rings. The number of ether oxygens (including phenoxy) is 3. The summed E-state index contributed by atoms with van der Waals surface area (Å²) in [5.74, 6) is 0.527. The lowest BCUT2D eigenvalue weighted by atomic mass is 10.1. The monoisotopic (exact) mass is 523 g/mol. The van der Waals surface area contributed by atoms with Crippen LogP contribution in [0.4, 0.5) is 11.4 Å². The van der Waals surface area contributed by atoms with E-state index >= 15 is 0 Å². The third-order valence-electron chi connectivity index (χ3n) is 3.85. The second kappa shape index (κ2) is 10.4. The summed E-state index contributed by atoms with van der Waals surface area (Å²) in [7, 11) is 2.89. The first-order chi connectivity index (χ1) is 14.3. The molecule has 0 saturated carbocycles. The van der Waals surface area contributed by atoms with E-state index in [1.165, 1.54) is 32.4 Å². The zero-order chi connectivity index (χ0) is 22.3. The number of anilines is 1. The maximum Gasteiger partial charge on any atom is 0.271 e. The van der Waals surface area contributed by atoms with Gasteiger partial charge in [0.05, 0.1) is 35.0 Å². The molecule has 0 atom stereocenters. The van der Waals surface area contributed by atoms with Crippen LogP contribution in [-0.4, -0.2) is 31.7 Å². The summed E-state index contributed by atoms with van der Waals surface area (Å²) in [6.45, 7) is 2.24. The lowest BCUT2D eigenvalue weighted by molar-refractivity contribution is -0.384. The van der Waals surface area contributed by atoms with Crippen molar-refractivity contribution in [2.45, 2.75) is 6.92 Å². The highest BCUT2D eigenvalue weighted by Gasteiger charge is 2.17. The van der Waals surface area contributed by atoms with E-state index in [2.05, 4.69) is 27.9 Å². The summed E-state index contributed by atoms with van der Waals surface area (Å²) in [6, 6.07) is 9.02. The Balaban J connectivity index is 2.40. The summed E-state index contributed by atoms with van der Waals surface area (Å²) in [4.78, 5) is 23.0. The Morgan fingerprint density at radius 1 is 1.27 bits per heavy atom. The number of halogens is 1. The fourth-order valence-corrected chi connectivity index (χ4v) is 3.39. The van der Waals surface area contributed by atoms with Gasteiger partial charge in [-0.25, -0.2) is 0 Å². The number of amides is 1. The molecule has 30 heavy (non-hydrogen) atoms. The van der Waals surface area contributed by atoms with E-state index in [-0.39, 0.29) is 22.7 Å². The van der Waals surface area contributed by atoms with Crippen molar-refractivity contribution in [3.05, 3.63) is 55.2 Å². The molecule has 0 saturated heterocycles. The van der Waals surface area contributed by atoms with Crippen molar-refractivity contribution >= 4 is 45.9 Å². The van der Waals surface area contributed by atoms with Gasteiger partial charge in [-0.3, -0.25) is 14.9 Å². The van der Waals surface area contributed by atoms with Crippen LogP contribution in [0.5, 0.6) is 17.2 Å². The van der Waals surface area contributed by atoms with Crippen LogP contribution in [-0.2, 0) is 4.79 Å². The molecule has 0 aliphatic carbocycles. The summed E-state index contributed by atoms with van der Waals surface area (Å²) in [6.07, 6.45) is 1.39. The number of hydrogen-bond acceptors (Lipinski definition) is 7. The molecule has 0 unspecified atom stereocenters. The summed E-state index contributed by atoms with van der Waals surface area (Å²) in [5, 5.41) is 23.0. The number of nitrogens with one attached hydrogen (secondary N) is 1. The molecular weight excluding hydrogens is 505 g/mol. The highest BCUT2D eigenvalue weighted by molar-refractivity contribution is 14.1. The highest BCUT2D eigenvalue weighted by Crippen LogP contribution is 2.35. The van der Waals surface area contributed by atoms with Gasteiger partial charge in [-0.2, -0.15) is 5.26 Å². The molecule has 0 heterocycles. The van der Waals surface area contributed by atoms with Crippen LogP contribution in [0.25, 0.3) is 6.08 Å². The van der Waals surface area contributed by atoms with E-state index in [1.807, 2.05) is 13.0 Å². The lowest BCUT2D eigenvalue weighted by Gasteiger charge is -2.12. The van der Waals surface area contributed by atoms with Crippen molar-refractivity contribution in [2.75, 3.05) is 26.1 Å². The number of carbonyl (C=O) groups excluding carboxylic acids is 1. The lowest BCUT2D eigenvalue weighted by Crippen LogP contribution is -2.14. The fraction of sp³-hybridized carbons (Fsp3) is 0.200. The Bertz CT molecular complexity index is 1050. The Kier molecular flexibility index (Phi) is 7.99.